The van der Waals surface area contributed by atoms with Gasteiger partial charge in [0.2, 0.25) is 0 Å². The van der Waals surface area contributed by atoms with Crippen molar-refractivity contribution in [1.82, 2.24) is 5.48 Å². The van der Waals surface area contributed by atoms with Crippen LogP contribution in [0.15, 0.2) is 18.2 Å². The van der Waals surface area contributed by atoms with Crippen LogP contribution < -0.4 is 5.48 Å². The fourth-order valence-electron chi connectivity index (χ4n) is 0.883. The summed E-state index contributed by atoms with van der Waals surface area (Å²) in [6.07, 6.45) is 0. The topological polar surface area (TPSA) is 58.6 Å². The van der Waals surface area contributed by atoms with Crippen molar-refractivity contribution in [2.45, 2.75) is 6.92 Å². The first-order chi connectivity index (χ1) is 6.65. The average Bonchev–Trinajstić information content (AvgIpc) is 2.18. The average molecular weight is 307 g/mol. The maximum atomic E-state index is 11.4. The Kier molecular flexibility index (Phi) is 4.15. The van der Waals surface area contributed by atoms with Crippen molar-refractivity contribution in [1.29, 1.82) is 0 Å². The van der Waals surface area contributed by atoms with Gasteiger partial charge in [-0.1, -0.05) is 0 Å². The summed E-state index contributed by atoms with van der Waals surface area (Å²) >= 11 is 2.06. The lowest BCUT2D eigenvalue weighted by molar-refractivity contribution is 0.0362. The van der Waals surface area contributed by atoms with Crippen molar-refractivity contribution in [3.05, 3.63) is 27.3 Å². The summed E-state index contributed by atoms with van der Waals surface area (Å²) in [5.74, 6) is -0.495. The predicted molar refractivity (Wildman–Crippen MR) is 59.9 cm³/mol. The zero-order chi connectivity index (χ0) is 10.6. The number of phenols is 1. The zero-order valence-corrected chi connectivity index (χ0v) is 9.74. The van der Waals surface area contributed by atoms with E-state index < -0.39 is 5.91 Å². The Labute approximate surface area is 95.4 Å². The monoisotopic (exact) mass is 307 g/mol. The van der Waals surface area contributed by atoms with Gasteiger partial charge in [-0.05, 0) is 47.7 Å². The molecule has 1 aromatic carbocycles. The lowest BCUT2D eigenvalue weighted by Crippen LogP contribution is -2.23. The standard InChI is InChI=1S/C9H10INO3/c1-2-14-11-9(13)7-5-6(10)3-4-8(7)12/h3-5,12H,2H2,1H3,(H,11,13). The maximum absolute atomic E-state index is 11.4. The number of carbonyl (C=O) groups is 1. The fourth-order valence-corrected chi connectivity index (χ4v) is 1.37. The second-order valence-electron chi connectivity index (χ2n) is 2.53. The third kappa shape index (κ3) is 2.85. The smallest absolute Gasteiger partial charge is 0.278 e. The Hall–Kier alpha value is -0.820. The number of hydrogen-bond acceptors (Lipinski definition) is 3. The minimum absolute atomic E-state index is 0.0531. The van der Waals surface area contributed by atoms with Crippen LogP contribution in [0.4, 0.5) is 0 Å². The van der Waals surface area contributed by atoms with Crippen molar-refractivity contribution in [3.63, 3.8) is 0 Å². The summed E-state index contributed by atoms with van der Waals surface area (Å²) < 4.78 is 0.877. The number of halogens is 1. The highest BCUT2D eigenvalue weighted by molar-refractivity contribution is 14.1. The Morgan fingerprint density at radius 3 is 3.00 bits per heavy atom. The van der Waals surface area contributed by atoms with Gasteiger partial charge in [-0.3, -0.25) is 9.63 Å². The number of benzene rings is 1. The molecule has 5 heteroatoms. The number of amides is 1. The van der Waals surface area contributed by atoms with Crippen molar-refractivity contribution in [2.75, 3.05) is 6.61 Å². The summed E-state index contributed by atoms with van der Waals surface area (Å²) in [6, 6.07) is 4.78. The molecule has 0 aromatic heterocycles. The van der Waals surface area contributed by atoms with Gasteiger partial charge in [-0.2, -0.15) is 0 Å². The van der Waals surface area contributed by atoms with Crippen LogP contribution in [0.1, 0.15) is 17.3 Å². The van der Waals surface area contributed by atoms with E-state index in [1.807, 2.05) is 0 Å². The molecule has 0 fully saturated rings. The third-order valence-electron chi connectivity index (χ3n) is 1.51. The lowest BCUT2D eigenvalue weighted by atomic mass is 10.2. The van der Waals surface area contributed by atoms with E-state index in [-0.39, 0.29) is 11.3 Å². The van der Waals surface area contributed by atoms with Gasteiger partial charge in [0.05, 0.1) is 12.2 Å². The zero-order valence-electron chi connectivity index (χ0n) is 7.58. The second kappa shape index (κ2) is 5.16. The minimum Gasteiger partial charge on any atom is -0.507 e. The van der Waals surface area contributed by atoms with Crippen LogP contribution in [0.5, 0.6) is 5.75 Å². The molecule has 0 aliphatic heterocycles. The molecule has 0 radical (unpaired) electrons. The number of rotatable bonds is 3. The normalized spacial score (nSPS) is 9.86. The first-order valence-corrected chi connectivity index (χ1v) is 5.13. The first kappa shape index (κ1) is 11.3. The van der Waals surface area contributed by atoms with Gasteiger partial charge in [-0.25, -0.2) is 5.48 Å². The van der Waals surface area contributed by atoms with Crippen LogP contribution in [0, 0.1) is 3.57 Å². The van der Waals surface area contributed by atoms with E-state index in [9.17, 15) is 9.90 Å². The molecule has 0 aliphatic rings. The van der Waals surface area contributed by atoms with Gasteiger partial charge in [-0.15, -0.1) is 0 Å². The quantitative estimate of drug-likeness (QED) is 0.660. The summed E-state index contributed by atoms with van der Waals surface area (Å²) in [5.41, 5.74) is 2.43. The molecular formula is C9H10INO3. The van der Waals surface area contributed by atoms with Crippen LogP contribution in [-0.2, 0) is 4.84 Å². The number of hydrogen-bond donors (Lipinski definition) is 2. The minimum atomic E-state index is -0.442. The van der Waals surface area contributed by atoms with Gasteiger partial charge in [0.15, 0.2) is 0 Å². The molecule has 1 rings (SSSR count). The summed E-state index contributed by atoms with van der Waals surface area (Å²) in [7, 11) is 0. The lowest BCUT2D eigenvalue weighted by Gasteiger charge is -2.05. The molecular weight excluding hydrogens is 297 g/mol. The molecule has 0 heterocycles. The fraction of sp³-hybridized carbons (Fsp3) is 0.222. The highest BCUT2D eigenvalue weighted by atomic mass is 127. The van der Waals surface area contributed by atoms with Crippen LogP contribution in [-0.4, -0.2) is 17.6 Å². The molecule has 2 N–H and O–H groups in total. The number of hydroxylamine groups is 1. The Morgan fingerprint density at radius 2 is 2.36 bits per heavy atom. The number of phenolic OH excluding ortho intramolecular Hbond substituents is 1. The predicted octanol–water partition coefficient (Wildman–Crippen LogP) is 1.68. The van der Waals surface area contributed by atoms with E-state index in [2.05, 4.69) is 28.1 Å². The maximum Gasteiger partial charge on any atom is 0.278 e. The Morgan fingerprint density at radius 1 is 1.64 bits per heavy atom. The second-order valence-corrected chi connectivity index (χ2v) is 3.77. The van der Waals surface area contributed by atoms with E-state index >= 15 is 0 Å². The van der Waals surface area contributed by atoms with Crippen molar-refractivity contribution in [2.24, 2.45) is 0 Å². The Balaban J connectivity index is 2.83. The molecule has 4 nitrogen and oxygen atoms in total. The highest BCUT2D eigenvalue weighted by Crippen LogP contribution is 2.19. The van der Waals surface area contributed by atoms with E-state index in [0.717, 1.165) is 3.57 Å². The van der Waals surface area contributed by atoms with Gasteiger partial charge < -0.3 is 5.11 Å². The van der Waals surface area contributed by atoms with E-state index in [4.69, 9.17) is 4.84 Å². The first-order valence-electron chi connectivity index (χ1n) is 4.05. The number of aromatic hydroxyl groups is 1. The molecule has 0 bridgehead atoms. The molecule has 14 heavy (non-hydrogen) atoms. The largest absolute Gasteiger partial charge is 0.507 e. The summed E-state index contributed by atoms with van der Waals surface area (Å²) in [5, 5.41) is 9.38. The molecule has 1 aromatic rings. The molecule has 0 spiro atoms. The Bertz CT molecular complexity index is 341. The SMILES string of the molecule is CCONC(=O)c1cc(I)ccc1O. The van der Waals surface area contributed by atoms with Crippen molar-refractivity contribution < 1.29 is 14.7 Å². The van der Waals surface area contributed by atoms with Crippen LogP contribution in [0.25, 0.3) is 0 Å². The van der Waals surface area contributed by atoms with Gasteiger partial charge in [0, 0.05) is 3.57 Å². The molecule has 1 amide bonds. The molecule has 0 saturated carbocycles. The van der Waals surface area contributed by atoms with E-state index in [1.54, 1.807) is 19.1 Å². The molecule has 0 saturated heterocycles. The molecule has 0 atom stereocenters. The van der Waals surface area contributed by atoms with E-state index in [0.29, 0.717) is 6.61 Å². The van der Waals surface area contributed by atoms with Crippen LogP contribution in [0.3, 0.4) is 0 Å². The van der Waals surface area contributed by atoms with Gasteiger partial charge >= 0.3 is 0 Å². The van der Waals surface area contributed by atoms with E-state index in [1.165, 1.54) is 6.07 Å². The summed E-state index contributed by atoms with van der Waals surface area (Å²) in [6.45, 7) is 2.14. The number of nitrogens with one attached hydrogen (secondary N) is 1. The van der Waals surface area contributed by atoms with Crippen molar-refractivity contribution >= 4 is 28.5 Å². The molecule has 0 aliphatic carbocycles. The summed E-state index contributed by atoms with van der Waals surface area (Å²) in [4.78, 5) is 16.1. The molecule has 0 unspecified atom stereocenters. The van der Waals surface area contributed by atoms with Crippen LogP contribution >= 0.6 is 22.6 Å². The highest BCUT2D eigenvalue weighted by Gasteiger charge is 2.10. The number of carbonyl (C=O) groups excluding carboxylic acids is 1. The van der Waals surface area contributed by atoms with Crippen molar-refractivity contribution in [3.8, 4) is 5.75 Å². The van der Waals surface area contributed by atoms with Crippen LogP contribution in [0.2, 0.25) is 0 Å². The van der Waals surface area contributed by atoms with Gasteiger partial charge in [0.1, 0.15) is 5.75 Å². The molecule has 76 valence electrons. The van der Waals surface area contributed by atoms with Gasteiger partial charge in [0.25, 0.3) is 5.91 Å². The third-order valence-corrected chi connectivity index (χ3v) is 2.18.